The number of anilines is 1. The summed E-state index contributed by atoms with van der Waals surface area (Å²) in [5.74, 6) is 0.226. The first-order valence-electron chi connectivity index (χ1n) is 9.83. The lowest BCUT2D eigenvalue weighted by Gasteiger charge is -2.12. The summed E-state index contributed by atoms with van der Waals surface area (Å²) in [6.45, 7) is 2.75. The molecule has 1 N–H and O–H groups in total. The van der Waals surface area contributed by atoms with Gasteiger partial charge >= 0.3 is 0 Å². The number of aromatic nitrogens is 1. The molecule has 1 saturated heterocycles. The van der Waals surface area contributed by atoms with Crippen molar-refractivity contribution in [3.8, 4) is 17.0 Å². The van der Waals surface area contributed by atoms with Gasteiger partial charge in [-0.3, -0.25) is 14.9 Å². The van der Waals surface area contributed by atoms with Crippen molar-refractivity contribution in [1.29, 1.82) is 0 Å². The minimum absolute atomic E-state index is 0.0867. The average Bonchev–Trinajstić information content (AvgIpc) is 3.43. The molecule has 3 aromatic rings. The number of rotatable bonds is 7. The van der Waals surface area contributed by atoms with E-state index in [0.717, 1.165) is 25.0 Å². The van der Waals surface area contributed by atoms with E-state index in [2.05, 4.69) is 10.3 Å². The molecule has 2 heterocycles. The third kappa shape index (κ3) is 4.75. The second kappa shape index (κ2) is 9.19. The second-order valence-electron chi connectivity index (χ2n) is 7.05. The predicted molar refractivity (Wildman–Crippen MR) is 116 cm³/mol. The number of carbonyl (C=O) groups is 2. The summed E-state index contributed by atoms with van der Waals surface area (Å²) in [6.07, 6.45) is 2.16. The second-order valence-corrected chi connectivity index (χ2v) is 8.05. The lowest BCUT2D eigenvalue weighted by atomic mass is 10.1. The Morgan fingerprint density at radius 1 is 1.20 bits per heavy atom. The topological polar surface area (TPSA) is 77.5 Å². The van der Waals surface area contributed by atoms with Gasteiger partial charge < -0.3 is 9.47 Å². The molecule has 30 heavy (non-hydrogen) atoms. The molecule has 1 unspecified atom stereocenters. The molecule has 1 atom stereocenters. The first kappa shape index (κ1) is 20.3. The van der Waals surface area contributed by atoms with Crippen LogP contribution in [0.5, 0.6) is 5.75 Å². The van der Waals surface area contributed by atoms with Crippen molar-refractivity contribution in [2.75, 3.05) is 18.5 Å². The van der Waals surface area contributed by atoms with E-state index in [-0.39, 0.29) is 17.8 Å². The molecular formula is C23H22N2O4S. The van der Waals surface area contributed by atoms with Gasteiger partial charge in [-0.1, -0.05) is 47.7 Å². The van der Waals surface area contributed by atoms with Crippen LogP contribution in [0.4, 0.5) is 5.13 Å². The van der Waals surface area contributed by atoms with Gasteiger partial charge in [0.05, 0.1) is 16.7 Å². The number of thiazole rings is 1. The maximum atomic E-state index is 12.7. The lowest BCUT2D eigenvalue weighted by molar-refractivity contribution is 0.0679. The van der Waals surface area contributed by atoms with Gasteiger partial charge in [0.25, 0.3) is 5.91 Å². The molecule has 0 saturated carbocycles. The number of ketones is 1. The van der Waals surface area contributed by atoms with Gasteiger partial charge in [0.1, 0.15) is 12.4 Å². The number of hydrogen-bond acceptors (Lipinski definition) is 6. The Morgan fingerprint density at radius 2 is 2.03 bits per heavy atom. The molecule has 4 rings (SSSR count). The van der Waals surface area contributed by atoms with Gasteiger partial charge in [-0.25, -0.2) is 4.98 Å². The summed E-state index contributed by atoms with van der Waals surface area (Å²) in [4.78, 5) is 29.8. The number of Topliss-reactive ketones (excluding diaryl/α,β-unsaturated/α-hetero) is 1. The molecule has 1 amide bonds. The molecule has 154 valence electrons. The number of carbonyl (C=O) groups excluding carboxylic acids is 2. The molecule has 0 aliphatic carbocycles. The van der Waals surface area contributed by atoms with E-state index >= 15 is 0 Å². The fourth-order valence-electron chi connectivity index (χ4n) is 3.27. The lowest BCUT2D eigenvalue weighted by Crippen LogP contribution is -2.16. The van der Waals surface area contributed by atoms with Crippen LogP contribution in [0.2, 0.25) is 0 Å². The highest BCUT2D eigenvalue weighted by Crippen LogP contribution is 2.31. The Morgan fingerprint density at radius 3 is 2.77 bits per heavy atom. The van der Waals surface area contributed by atoms with Gasteiger partial charge in [-0.2, -0.15) is 0 Å². The molecule has 6 nitrogen and oxygen atoms in total. The minimum atomic E-state index is -0.305. The summed E-state index contributed by atoms with van der Waals surface area (Å²) in [7, 11) is 0. The molecular weight excluding hydrogens is 400 g/mol. The summed E-state index contributed by atoms with van der Waals surface area (Å²) in [5, 5.41) is 3.19. The molecule has 1 aromatic heterocycles. The third-order valence-corrected chi connectivity index (χ3v) is 5.84. The number of ether oxygens (including phenoxy) is 2. The van der Waals surface area contributed by atoms with Crippen LogP contribution >= 0.6 is 11.3 Å². The van der Waals surface area contributed by atoms with Crippen LogP contribution in [0.15, 0.2) is 54.6 Å². The highest BCUT2D eigenvalue weighted by Gasteiger charge is 2.19. The van der Waals surface area contributed by atoms with Crippen molar-refractivity contribution in [1.82, 2.24) is 4.98 Å². The van der Waals surface area contributed by atoms with E-state index in [0.29, 0.717) is 33.6 Å². The van der Waals surface area contributed by atoms with Crippen molar-refractivity contribution in [2.24, 2.45) is 0 Å². The predicted octanol–water partition coefficient (Wildman–Crippen LogP) is 4.82. The van der Waals surface area contributed by atoms with Crippen molar-refractivity contribution in [3.05, 3.63) is 65.0 Å². The summed E-state index contributed by atoms with van der Waals surface area (Å²) in [6, 6.07) is 16.5. The highest BCUT2D eigenvalue weighted by molar-refractivity contribution is 7.18. The number of hydrogen-bond donors (Lipinski definition) is 1. The summed E-state index contributed by atoms with van der Waals surface area (Å²) in [5.41, 5.74) is 1.88. The minimum Gasteiger partial charge on any atom is -0.491 e. The zero-order valence-electron chi connectivity index (χ0n) is 16.6. The first-order valence-corrected chi connectivity index (χ1v) is 10.6. The van der Waals surface area contributed by atoms with E-state index in [1.54, 1.807) is 18.2 Å². The van der Waals surface area contributed by atoms with Crippen LogP contribution in [-0.4, -0.2) is 36.0 Å². The number of amides is 1. The van der Waals surface area contributed by atoms with Crippen LogP contribution in [0.25, 0.3) is 11.3 Å². The van der Waals surface area contributed by atoms with Crippen LogP contribution < -0.4 is 10.1 Å². The van der Waals surface area contributed by atoms with Gasteiger partial charge in [-0.15, -0.1) is 0 Å². The zero-order chi connectivity index (χ0) is 20.9. The van der Waals surface area contributed by atoms with Crippen molar-refractivity contribution >= 4 is 28.2 Å². The van der Waals surface area contributed by atoms with Crippen molar-refractivity contribution in [3.63, 3.8) is 0 Å². The Hall–Kier alpha value is -3.03. The molecule has 1 fully saturated rings. The smallest absolute Gasteiger partial charge is 0.257 e. The molecule has 2 aromatic carbocycles. The maximum absolute atomic E-state index is 12.7. The molecule has 0 bridgehead atoms. The van der Waals surface area contributed by atoms with E-state index in [4.69, 9.17) is 9.47 Å². The van der Waals surface area contributed by atoms with Gasteiger partial charge in [0.15, 0.2) is 10.9 Å². The van der Waals surface area contributed by atoms with E-state index in [1.807, 2.05) is 36.4 Å². The Kier molecular flexibility index (Phi) is 6.21. The van der Waals surface area contributed by atoms with Crippen LogP contribution in [0.1, 0.15) is 39.8 Å². The Bertz CT molecular complexity index is 1040. The number of nitrogens with one attached hydrogen (secondary N) is 1. The molecule has 0 spiro atoms. The van der Waals surface area contributed by atoms with Gasteiger partial charge in [0, 0.05) is 24.7 Å². The van der Waals surface area contributed by atoms with Gasteiger partial charge in [0.2, 0.25) is 0 Å². The highest BCUT2D eigenvalue weighted by atomic mass is 32.1. The molecule has 7 heteroatoms. The summed E-state index contributed by atoms with van der Waals surface area (Å²) < 4.78 is 11.3. The number of benzene rings is 2. The van der Waals surface area contributed by atoms with Crippen LogP contribution in [-0.2, 0) is 4.74 Å². The Balaban J connectivity index is 1.48. The fraction of sp³-hybridized carbons (Fsp3) is 0.261. The fourth-order valence-corrected chi connectivity index (χ4v) is 4.14. The number of nitrogens with zero attached hydrogens (tertiary/aromatic N) is 1. The van der Waals surface area contributed by atoms with E-state index < -0.39 is 0 Å². The zero-order valence-corrected chi connectivity index (χ0v) is 17.4. The summed E-state index contributed by atoms with van der Waals surface area (Å²) >= 11 is 1.18. The van der Waals surface area contributed by atoms with Crippen molar-refractivity contribution < 1.29 is 19.1 Å². The first-order chi connectivity index (χ1) is 14.6. The van der Waals surface area contributed by atoms with Gasteiger partial charge in [-0.05, 0) is 31.0 Å². The van der Waals surface area contributed by atoms with Crippen molar-refractivity contribution in [2.45, 2.75) is 25.9 Å². The maximum Gasteiger partial charge on any atom is 0.257 e. The van der Waals surface area contributed by atoms with E-state index in [1.165, 1.54) is 18.3 Å². The largest absolute Gasteiger partial charge is 0.491 e. The molecule has 1 aliphatic heterocycles. The standard InChI is InChI=1S/C23H22N2O4S/c1-15(26)21-20(16-7-3-2-4-8-16)24-23(30-21)25-22(27)17-9-5-10-18(13-17)29-14-19-11-6-12-28-19/h2-5,7-10,13,19H,6,11-12,14H2,1H3,(H,24,25,27). The quantitative estimate of drug-likeness (QED) is 0.552. The van der Waals surface area contributed by atoms with Crippen LogP contribution in [0, 0.1) is 0 Å². The third-order valence-electron chi connectivity index (χ3n) is 4.77. The monoisotopic (exact) mass is 422 g/mol. The average molecular weight is 423 g/mol. The van der Waals surface area contributed by atoms with E-state index in [9.17, 15) is 9.59 Å². The molecule has 1 aliphatic rings. The van der Waals surface area contributed by atoms with Crippen LogP contribution in [0.3, 0.4) is 0 Å². The SMILES string of the molecule is CC(=O)c1sc(NC(=O)c2cccc(OCC3CCCO3)c2)nc1-c1ccccc1. The molecule has 0 radical (unpaired) electrons. The Labute approximate surface area is 178 Å². The normalized spacial score (nSPS) is 15.7.